The third-order valence-electron chi connectivity index (χ3n) is 0.951. The first-order valence-electron chi connectivity index (χ1n) is 3.17. The minimum atomic E-state index is 0.216. The van der Waals surface area contributed by atoms with E-state index in [0.717, 1.165) is 25.8 Å². The Bertz CT molecular complexity index is 66.1. The molecule has 0 aliphatic rings. The molecule has 2 N–H and O–H groups in total. The summed E-state index contributed by atoms with van der Waals surface area (Å²) >= 11 is 0. The molecule has 0 rings (SSSR count). The van der Waals surface area contributed by atoms with E-state index in [-0.39, 0.29) is 6.61 Å². The number of aliphatic hydroxyl groups is 1. The van der Waals surface area contributed by atoms with E-state index < -0.39 is 0 Å². The Morgan fingerprint density at radius 2 is 2.22 bits per heavy atom. The van der Waals surface area contributed by atoms with Crippen molar-refractivity contribution < 1.29 is 9.90 Å². The van der Waals surface area contributed by atoms with E-state index >= 15 is 0 Å². The van der Waals surface area contributed by atoms with Crippen LogP contribution in [-0.2, 0) is 4.79 Å². The predicted molar refractivity (Wildman–Crippen MR) is 35.3 cm³/mol. The van der Waals surface area contributed by atoms with Gasteiger partial charge in [-0.1, -0.05) is 0 Å². The summed E-state index contributed by atoms with van der Waals surface area (Å²) in [6.07, 6.45) is 2.20. The summed E-state index contributed by atoms with van der Waals surface area (Å²) in [5.41, 5.74) is 0. The normalized spacial score (nSPS) is 9.44. The monoisotopic (exact) mass is 131 g/mol. The molecule has 3 heteroatoms. The van der Waals surface area contributed by atoms with Gasteiger partial charge in [-0.2, -0.15) is 0 Å². The van der Waals surface area contributed by atoms with E-state index in [0.29, 0.717) is 6.42 Å². The van der Waals surface area contributed by atoms with Crippen molar-refractivity contribution in [3.05, 3.63) is 0 Å². The number of carbonyl (C=O) groups excluding carboxylic acids is 1. The van der Waals surface area contributed by atoms with Crippen LogP contribution in [0.15, 0.2) is 0 Å². The fourth-order valence-corrected chi connectivity index (χ4v) is 0.490. The Kier molecular flexibility index (Phi) is 7.24. The molecular formula is C6H13NO2. The number of carbonyl (C=O) groups is 1. The second kappa shape index (κ2) is 7.59. The highest BCUT2D eigenvalue weighted by Crippen LogP contribution is 1.72. The van der Waals surface area contributed by atoms with Crippen LogP contribution in [0.25, 0.3) is 0 Å². The second-order valence-electron chi connectivity index (χ2n) is 1.78. The van der Waals surface area contributed by atoms with Crippen LogP contribution in [0.3, 0.4) is 0 Å². The van der Waals surface area contributed by atoms with Crippen molar-refractivity contribution in [2.24, 2.45) is 0 Å². The van der Waals surface area contributed by atoms with Gasteiger partial charge >= 0.3 is 0 Å². The topological polar surface area (TPSA) is 49.3 Å². The van der Waals surface area contributed by atoms with E-state index in [4.69, 9.17) is 5.11 Å². The average Bonchev–Trinajstić information content (AvgIpc) is 1.89. The first-order valence-corrected chi connectivity index (χ1v) is 3.17. The number of aliphatic hydroxyl groups excluding tert-OH is 1. The van der Waals surface area contributed by atoms with Gasteiger partial charge in [0.1, 0.15) is 6.29 Å². The van der Waals surface area contributed by atoms with Crippen LogP contribution in [-0.4, -0.2) is 31.1 Å². The van der Waals surface area contributed by atoms with Gasteiger partial charge in [0.05, 0.1) is 0 Å². The Morgan fingerprint density at radius 3 is 2.78 bits per heavy atom. The standard InChI is InChI=1S/C6H13NO2/c8-5-1-3-7-4-2-6-9/h5,7,9H,1-4,6H2. The highest BCUT2D eigenvalue weighted by Gasteiger charge is 1.83. The van der Waals surface area contributed by atoms with Crippen LogP contribution >= 0.6 is 0 Å². The van der Waals surface area contributed by atoms with Crippen molar-refractivity contribution in [3.8, 4) is 0 Å². The molecule has 0 unspecified atom stereocenters. The molecule has 54 valence electrons. The van der Waals surface area contributed by atoms with Gasteiger partial charge in [0, 0.05) is 19.6 Å². The third kappa shape index (κ3) is 7.59. The van der Waals surface area contributed by atoms with Gasteiger partial charge in [-0.15, -0.1) is 0 Å². The number of hydrogen-bond acceptors (Lipinski definition) is 3. The van der Waals surface area contributed by atoms with Crippen molar-refractivity contribution in [1.29, 1.82) is 0 Å². The molecule has 0 radical (unpaired) electrons. The summed E-state index contributed by atoms with van der Waals surface area (Å²) in [7, 11) is 0. The zero-order valence-corrected chi connectivity index (χ0v) is 5.47. The molecule has 0 heterocycles. The zero-order valence-electron chi connectivity index (χ0n) is 5.47. The molecule has 0 aromatic carbocycles. The maximum Gasteiger partial charge on any atom is 0.121 e. The lowest BCUT2D eigenvalue weighted by Crippen LogP contribution is -2.17. The molecule has 0 aromatic rings. The van der Waals surface area contributed by atoms with Crippen molar-refractivity contribution in [3.63, 3.8) is 0 Å². The minimum absolute atomic E-state index is 0.216. The maximum absolute atomic E-state index is 9.75. The SMILES string of the molecule is O=CCCNCCCO. The summed E-state index contributed by atoms with van der Waals surface area (Å²) < 4.78 is 0. The van der Waals surface area contributed by atoms with E-state index in [2.05, 4.69) is 5.32 Å². The summed E-state index contributed by atoms with van der Waals surface area (Å²) in [6.45, 7) is 1.74. The maximum atomic E-state index is 9.75. The lowest BCUT2D eigenvalue weighted by Gasteiger charge is -1.97. The molecule has 0 bridgehead atoms. The van der Waals surface area contributed by atoms with E-state index in [1.54, 1.807) is 0 Å². The fraction of sp³-hybridized carbons (Fsp3) is 0.833. The van der Waals surface area contributed by atoms with Gasteiger partial charge in [0.15, 0.2) is 0 Å². The van der Waals surface area contributed by atoms with Crippen LogP contribution in [0, 0.1) is 0 Å². The van der Waals surface area contributed by atoms with Crippen LogP contribution in [0.5, 0.6) is 0 Å². The smallest absolute Gasteiger partial charge is 0.121 e. The van der Waals surface area contributed by atoms with Crippen molar-refractivity contribution in [1.82, 2.24) is 5.32 Å². The minimum Gasteiger partial charge on any atom is -0.396 e. The Hall–Kier alpha value is -0.410. The Morgan fingerprint density at radius 1 is 1.44 bits per heavy atom. The van der Waals surface area contributed by atoms with Gasteiger partial charge in [0.2, 0.25) is 0 Å². The van der Waals surface area contributed by atoms with E-state index in [1.807, 2.05) is 0 Å². The van der Waals surface area contributed by atoms with E-state index in [1.165, 1.54) is 0 Å². The Labute approximate surface area is 55.1 Å². The van der Waals surface area contributed by atoms with Gasteiger partial charge in [0.25, 0.3) is 0 Å². The molecular weight excluding hydrogens is 118 g/mol. The highest BCUT2D eigenvalue weighted by atomic mass is 16.3. The average molecular weight is 131 g/mol. The molecule has 0 saturated carbocycles. The van der Waals surface area contributed by atoms with Gasteiger partial charge < -0.3 is 15.2 Å². The molecule has 0 aromatic heterocycles. The molecule has 9 heavy (non-hydrogen) atoms. The number of rotatable bonds is 6. The molecule has 0 aliphatic carbocycles. The summed E-state index contributed by atoms with van der Waals surface area (Å²) in [5.74, 6) is 0. The largest absolute Gasteiger partial charge is 0.396 e. The van der Waals surface area contributed by atoms with Crippen molar-refractivity contribution in [2.75, 3.05) is 19.7 Å². The zero-order chi connectivity index (χ0) is 6.95. The van der Waals surface area contributed by atoms with Crippen LogP contribution in [0.4, 0.5) is 0 Å². The quantitative estimate of drug-likeness (QED) is 0.379. The predicted octanol–water partition coefficient (Wildman–Crippen LogP) is -0.453. The Balaban J connectivity index is 2.66. The van der Waals surface area contributed by atoms with Crippen LogP contribution in [0.2, 0.25) is 0 Å². The molecule has 0 saturated heterocycles. The number of hydrogen-bond donors (Lipinski definition) is 2. The molecule has 0 amide bonds. The summed E-state index contributed by atoms with van der Waals surface area (Å²) in [4.78, 5) is 9.75. The molecule has 3 nitrogen and oxygen atoms in total. The molecule has 0 aliphatic heterocycles. The van der Waals surface area contributed by atoms with Gasteiger partial charge in [-0.25, -0.2) is 0 Å². The van der Waals surface area contributed by atoms with E-state index in [9.17, 15) is 4.79 Å². The van der Waals surface area contributed by atoms with Crippen molar-refractivity contribution in [2.45, 2.75) is 12.8 Å². The van der Waals surface area contributed by atoms with Gasteiger partial charge in [-0.3, -0.25) is 0 Å². The first-order chi connectivity index (χ1) is 4.41. The summed E-state index contributed by atoms with van der Waals surface area (Å²) in [6, 6.07) is 0. The second-order valence-corrected chi connectivity index (χ2v) is 1.78. The van der Waals surface area contributed by atoms with Gasteiger partial charge in [-0.05, 0) is 13.0 Å². The van der Waals surface area contributed by atoms with Crippen LogP contribution < -0.4 is 5.32 Å². The lowest BCUT2D eigenvalue weighted by molar-refractivity contribution is -0.107. The van der Waals surface area contributed by atoms with Crippen molar-refractivity contribution >= 4 is 6.29 Å². The van der Waals surface area contributed by atoms with Crippen LogP contribution in [0.1, 0.15) is 12.8 Å². The first kappa shape index (κ1) is 8.59. The third-order valence-corrected chi connectivity index (χ3v) is 0.951. The highest BCUT2D eigenvalue weighted by molar-refractivity contribution is 5.49. The summed E-state index contributed by atoms with van der Waals surface area (Å²) in [5, 5.41) is 11.3. The molecule has 0 atom stereocenters. The number of nitrogens with one attached hydrogen (secondary N) is 1. The molecule has 0 spiro atoms. The fourth-order valence-electron chi connectivity index (χ4n) is 0.490. The lowest BCUT2D eigenvalue weighted by atomic mass is 10.4. The molecule has 0 fully saturated rings. The number of aldehydes is 1.